The van der Waals surface area contributed by atoms with Crippen LogP contribution in [0.25, 0.3) is 0 Å². The smallest absolute Gasteiger partial charge is 0.319 e. The van der Waals surface area contributed by atoms with Crippen molar-refractivity contribution in [1.82, 2.24) is 5.32 Å². The quantitative estimate of drug-likeness (QED) is 0.820. The Morgan fingerprint density at radius 2 is 2.16 bits per heavy atom. The van der Waals surface area contributed by atoms with Crippen LogP contribution in [0, 0.1) is 0 Å². The van der Waals surface area contributed by atoms with E-state index in [0.29, 0.717) is 17.3 Å². The maximum Gasteiger partial charge on any atom is 0.319 e. The zero-order valence-corrected chi connectivity index (χ0v) is 11.1. The number of rotatable bonds is 5. The number of amides is 2. The molecule has 0 radical (unpaired) electrons. The molecule has 5 heteroatoms. The molecule has 0 aliphatic carbocycles. The Bertz CT molecular complexity index is 526. The molecule has 1 aromatic carbocycles. The summed E-state index contributed by atoms with van der Waals surface area (Å²) in [6.45, 7) is 0.590. The molecule has 0 bridgehead atoms. The predicted molar refractivity (Wildman–Crippen MR) is 75.5 cm³/mol. The number of hydrogen-bond donors (Lipinski definition) is 2. The first-order valence-electron chi connectivity index (χ1n) is 6.07. The molecule has 2 amide bonds. The Kier molecular flexibility index (Phi) is 4.86. The number of halogens is 1. The largest absolute Gasteiger partial charge is 0.469 e. The summed E-state index contributed by atoms with van der Waals surface area (Å²) >= 11 is 5.83. The average Bonchev–Trinajstić information content (AvgIpc) is 2.88. The van der Waals surface area contributed by atoms with Gasteiger partial charge in [-0.3, -0.25) is 0 Å². The van der Waals surface area contributed by atoms with E-state index in [9.17, 15) is 4.79 Å². The van der Waals surface area contributed by atoms with Gasteiger partial charge in [0.1, 0.15) is 5.76 Å². The lowest BCUT2D eigenvalue weighted by Gasteiger charge is -2.07. The Morgan fingerprint density at radius 3 is 2.89 bits per heavy atom. The van der Waals surface area contributed by atoms with Crippen molar-refractivity contribution in [2.45, 2.75) is 12.8 Å². The molecular formula is C14H15ClN2O2. The number of benzene rings is 1. The zero-order valence-electron chi connectivity index (χ0n) is 10.4. The van der Waals surface area contributed by atoms with Crippen LogP contribution in [-0.2, 0) is 6.42 Å². The molecule has 0 unspecified atom stereocenters. The van der Waals surface area contributed by atoms with Gasteiger partial charge in [0.05, 0.1) is 6.26 Å². The molecule has 0 aliphatic rings. The molecule has 2 rings (SSSR count). The van der Waals surface area contributed by atoms with Crippen LogP contribution >= 0.6 is 11.6 Å². The summed E-state index contributed by atoms with van der Waals surface area (Å²) in [7, 11) is 0. The summed E-state index contributed by atoms with van der Waals surface area (Å²) in [5.74, 6) is 0.928. The average molecular weight is 279 g/mol. The van der Waals surface area contributed by atoms with E-state index in [4.69, 9.17) is 16.0 Å². The summed E-state index contributed by atoms with van der Waals surface area (Å²) in [4.78, 5) is 11.6. The third-order valence-electron chi connectivity index (χ3n) is 2.55. The van der Waals surface area contributed by atoms with E-state index >= 15 is 0 Å². The SMILES string of the molecule is O=C(NCCCc1ccco1)Nc1cccc(Cl)c1. The van der Waals surface area contributed by atoms with Gasteiger partial charge in [-0.05, 0) is 36.8 Å². The van der Waals surface area contributed by atoms with Crippen molar-refractivity contribution in [2.24, 2.45) is 0 Å². The van der Waals surface area contributed by atoms with Crippen LogP contribution in [0.5, 0.6) is 0 Å². The van der Waals surface area contributed by atoms with Crippen LogP contribution in [0.2, 0.25) is 5.02 Å². The van der Waals surface area contributed by atoms with Crippen LogP contribution < -0.4 is 10.6 Å². The monoisotopic (exact) mass is 278 g/mol. The number of carbonyl (C=O) groups is 1. The molecule has 2 aromatic rings. The molecule has 0 spiro atoms. The maximum absolute atomic E-state index is 11.6. The molecule has 0 atom stereocenters. The van der Waals surface area contributed by atoms with Gasteiger partial charge in [-0.2, -0.15) is 0 Å². The number of carbonyl (C=O) groups excluding carboxylic acids is 1. The Morgan fingerprint density at radius 1 is 1.26 bits per heavy atom. The second-order valence-corrected chi connectivity index (χ2v) is 4.51. The number of hydrogen-bond acceptors (Lipinski definition) is 2. The predicted octanol–water partition coefficient (Wildman–Crippen LogP) is 3.69. The highest BCUT2D eigenvalue weighted by Crippen LogP contribution is 2.14. The van der Waals surface area contributed by atoms with Crippen molar-refractivity contribution < 1.29 is 9.21 Å². The molecular weight excluding hydrogens is 264 g/mol. The van der Waals surface area contributed by atoms with Gasteiger partial charge in [-0.15, -0.1) is 0 Å². The van der Waals surface area contributed by atoms with E-state index < -0.39 is 0 Å². The second-order valence-electron chi connectivity index (χ2n) is 4.07. The Balaban J connectivity index is 1.67. The highest BCUT2D eigenvalue weighted by atomic mass is 35.5. The topological polar surface area (TPSA) is 54.3 Å². The van der Waals surface area contributed by atoms with Crippen LogP contribution in [0.3, 0.4) is 0 Å². The van der Waals surface area contributed by atoms with E-state index in [1.807, 2.05) is 12.1 Å². The van der Waals surface area contributed by atoms with Crippen LogP contribution in [0.1, 0.15) is 12.2 Å². The van der Waals surface area contributed by atoms with Crippen molar-refractivity contribution in [2.75, 3.05) is 11.9 Å². The number of urea groups is 1. The van der Waals surface area contributed by atoms with Crippen molar-refractivity contribution in [3.05, 3.63) is 53.4 Å². The molecule has 0 saturated heterocycles. The fourth-order valence-electron chi connectivity index (χ4n) is 1.66. The van der Waals surface area contributed by atoms with Crippen molar-refractivity contribution in [3.8, 4) is 0 Å². The fraction of sp³-hybridized carbons (Fsp3) is 0.214. The lowest BCUT2D eigenvalue weighted by atomic mass is 10.2. The van der Waals surface area contributed by atoms with Gasteiger partial charge in [0, 0.05) is 23.7 Å². The first-order chi connectivity index (χ1) is 9.24. The molecule has 0 fully saturated rings. The van der Waals surface area contributed by atoms with E-state index in [0.717, 1.165) is 18.6 Å². The van der Waals surface area contributed by atoms with Gasteiger partial charge in [-0.25, -0.2) is 4.79 Å². The Labute approximate surface area is 116 Å². The first-order valence-corrected chi connectivity index (χ1v) is 6.44. The maximum atomic E-state index is 11.6. The van der Waals surface area contributed by atoms with Crippen LogP contribution in [0.4, 0.5) is 10.5 Å². The van der Waals surface area contributed by atoms with Gasteiger partial charge < -0.3 is 15.1 Å². The normalized spacial score (nSPS) is 10.2. The van der Waals surface area contributed by atoms with Crippen molar-refractivity contribution in [1.29, 1.82) is 0 Å². The fourth-order valence-corrected chi connectivity index (χ4v) is 1.85. The van der Waals surface area contributed by atoms with Gasteiger partial charge in [0.15, 0.2) is 0 Å². The molecule has 2 N–H and O–H groups in total. The first kappa shape index (κ1) is 13.5. The molecule has 1 heterocycles. The summed E-state index contributed by atoms with van der Waals surface area (Å²) in [6.07, 6.45) is 3.29. The molecule has 0 aliphatic heterocycles. The second kappa shape index (κ2) is 6.85. The minimum absolute atomic E-state index is 0.235. The highest BCUT2D eigenvalue weighted by molar-refractivity contribution is 6.30. The molecule has 19 heavy (non-hydrogen) atoms. The molecule has 1 aromatic heterocycles. The van der Waals surface area contributed by atoms with E-state index in [2.05, 4.69) is 10.6 Å². The minimum Gasteiger partial charge on any atom is -0.469 e. The van der Waals surface area contributed by atoms with Gasteiger partial charge >= 0.3 is 6.03 Å². The number of anilines is 1. The summed E-state index contributed by atoms with van der Waals surface area (Å²) in [5.41, 5.74) is 0.677. The number of nitrogens with one attached hydrogen (secondary N) is 2. The summed E-state index contributed by atoms with van der Waals surface area (Å²) < 4.78 is 5.21. The lowest BCUT2D eigenvalue weighted by Crippen LogP contribution is -2.29. The summed E-state index contributed by atoms with van der Waals surface area (Å²) in [6, 6.07) is 10.6. The number of aryl methyl sites for hydroxylation is 1. The van der Waals surface area contributed by atoms with Gasteiger partial charge in [0.2, 0.25) is 0 Å². The van der Waals surface area contributed by atoms with E-state index in [1.165, 1.54) is 0 Å². The Hall–Kier alpha value is -1.94. The van der Waals surface area contributed by atoms with Crippen LogP contribution in [-0.4, -0.2) is 12.6 Å². The van der Waals surface area contributed by atoms with E-state index in [-0.39, 0.29) is 6.03 Å². The minimum atomic E-state index is -0.235. The summed E-state index contributed by atoms with van der Waals surface area (Å²) in [5, 5.41) is 6.09. The van der Waals surface area contributed by atoms with E-state index in [1.54, 1.807) is 30.5 Å². The number of furan rings is 1. The van der Waals surface area contributed by atoms with Crippen LogP contribution in [0.15, 0.2) is 47.1 Å². The third kappa shape index (κ3) is 4.67. The van der Waals surface area contributed by atoms with Gasteiger partial charge in [0.25, 0.3) is 0 Å². The van der Waals surface area contributed by atoms with Gasteiger partial charge in [-0.1, -0.05) is 17.7 Å². The zero-order chi connectivity index (χ0) is 13.5. The third-order valence-corrected chi connectivity index (χ3v) is 2.78. The standard InChI is InChI=1S/C14H15ClN2O2/c15-11-4-1-5-12(10-11)17-14(18)16-8-2-6-13-7-3-9-19-13/h1,3-5,7,9-10H,2,6,8H2,(H2,16,17,18). The van der Waals surface area contributed by atoms with Crippen molar-refractivity contribution >= 4 is 23.3 Å². The molecule has 0 saturated carbocycles. The lowest BCUT2D eigenvalue weighted by molar-refractivity contribution is 0.252. The van der Waals surface area contributed by atoms with Crippen molar-refractivity contribution in [3.63, 3.8) is 0 Å². The molecule has 100 valence electrons. The molecule has 4 nitrogen and oxygen atoms in total. The highest BCUT2D eigenvalue weighted by Gasteiger charge is 2.02.